The van der Waals surface area contributed by atoms with E-state index in [2.05, 4.69) is 15.3 Å². The van der Waals surface area contributed by atoms with E-state index in [1.165, 1.54) is 18.5 Å². The first-order valence-corrected chi connectivity index (χ1v) is 10.8. The minimum absolute atomic E-state index is 0.0392. The summed E-state index contributed by atoms with van der Waals surface area (Å²) in [7, 11) is 0. The SMILES string of the molecule is NC(=O)Oc1ccc(CNC(=O)c2cncc(Cc3ccc(Cn4ccccc4=O)cc3)c2)nc1. The van der Waals surface area contributed by atoms with Crippen LogP contribution in [0.1, 0.15) is 32.7 Å². The minimum atomic E-state index is -0.916. The van der Waals surface area contributed by atoms with Crippen molar-refractivity contribution in [3.8, 4) is 5.75 Å². The summed E-state index contributed by atoms with van der Waals surface area (Å²) in [6, 6.07) is 18.1. The molecule has 9 nitrogen and oxygen atoms in total. The molecule has 0 atom stereocenters. The highest BCUT2D eigenvalue weighted by Crippen LogP contribution is 2.13. The van der Waals surface area contributed by atoms with Crippen molar-refractivity contribution in [2.45, 2.75) is 19.5 Å². The number of carbonyl (C=O) groups excluding carboxylic acids is 2. The van der Waals surface area contributed by atoms with Crippen LogP contribution in [0.5, 0.6) is 5.75 Å². The number of carbonyl (C=O) groups is 2. The molecule has 0 aliphatic carbocycles. The average molecular weight is 470 g/mol. The van der Waals surface area contributed by atoms with Gasteiger partial charge in [0.25, 0.3) is 11.5 Å². The van der Waals surface area contributed by atoms with Crippen LogP contribution in [0, 0.1) is 0 Å². The van der Waals surface area contributed by atoms with Gasteiger partial charge in [0.2, 0.25) is 0 Å². The van der Waals surface area contributed by atoms with Gasteiger partial charge in [-0.05, 0) is 47.4 Å². The van der Waals surface area contributed by atoms with Crippen molar-refractivity contribution in [3.05, 3.63) is 124 Å². The maximum atomic E-state index is 12.6. The summed E-state index contributed by atoms with van der Waals surface area (Å²) in [5.74, 6) is -0.0475. The maximum absolute atomic E-state index is 12.6. The van der Waals surface area contributed by atoms with Crippen LogP contribution in [0.25, 0.3) is 0 Å². The second kappa shape index (κ2) is 10.9. The summed E-state index contributed by atoms with van der Waals surface area (Å²) >= 11 is 0. The lowest BCUT2D eigenvalue weighted by atomic mass is 10.0. The summed E-state index contributed by atoms with van der Waals surface area (Å²) in [5, 5.41) is 2.80. The van der Waals surface area contributed by atoms with Crippen LogP contribution in [0.3, 0.4) is 0 Å². The standard InChI is InChI=1S/C26H23N5O4/c27-26(34)35-23-9-8-22(29-16-23)15-30-25(33)21-12-20(13-28-14-21)11-18-4-6-19(7-5-18)17-31-10-2-1-3-24(31)32/h1-10,12-14,16H,11,15,17H2,(H2,27,34)(H,30,33). The molecular formula is C26H23N5O4. The summed E-state index contributed by atoms with van der Waals surface area (Å²) in [5.41, 5.74) is 8.95. The smallest absolute Gasteiger partial charge is 0.409 e. The number of ether oxygens (including phenoxy) is 1. The van der Waals surface area contributed by atoms with Crippen molar-refractivity contribution in [2.24, 2.45) is 5.73 Å². The van der Waals surface area contributed by atoms with Gasteiger partial charge in [0.15, 0.2) is 5.75 Å². The van der Waals surface area contributed by atoms with Gasteiger partial charge < -0.3 is 20.4 Å². The van der Waals surface area contributed by atoms with Gasteiger partial charge in [-0.25, -0.2) is 4.79 Å². The van der Waals surface area contributed by atoms with Gasteiger partial charge in [-0.2, -0.15) is 0 Å². The van der Waals surface area contributed by atoms with Gasteiger partial charge in [-0.15, -0.1) is 0 Å². The lowest BCUT2D eigenvalue weighted by Gasteiger charge is -2.08. The average Bonchev–Trinajstić information content (AvgIpc) is 2.86. The van der Waals surface area contributed by atoms with Crippen LogP contribution in [0.4, 0.5) is 4.79 Å². The Morgan fingerprint density at radius 1 is 0.943 bits per heavy atom. The van der Waals surface area contributed by atoms with E-state index in [1.54, 1.807) is 41.2 Å². The Bertz CT molecular complexity index is 1380. The molecule has 0 aliphatic rings. The number of pyridine rings is 3. The van der Waals surface area contributed by atoms with Crippen LogP contribution in [-0.4, -0.2) is 26.5 Å². The first kappa shape index (κ1) is 23.4. The molecule has 0 fully saturated rings. The highest BCUT2D eigenvalue weighted by Gasteiger charge is 2.09. The van der Waals surface area contributed by atoms with Gasteiger partial charge in [0, 0.05) is 24.7 Å². The van der Waals surface area contributed by atoms with E-state index in [4.69, 9.17) is 10.5 Å². The zero-order valence-electron chi connectivity index (χ0n) is 18.8. The third-order valence-electron chi connectivity index (χ3n) is 5.19. The van der Waals surface area contributed by atoms with Crippen molar-refractivity contribution in [1.82, 2.24) is 19.9 Å². The second-order valence-corrected chi connectivity index (χ2v) is 7.83. The Hall–Kier alpha value is -4.79. The molecule has 4 aromatic rings. The van der Waals surface area contributed by atoms with Crippen LogP contribution in [0.2, 0.25) is 0 Å². The quantitative estimate of drug-likeness (QED) is 0.408. The van der Waals surface area contributed by atoms with Crippen LogP contribution in [-0.2, 0) is 19.5 Å². The highest BCUT2D eigenvalue weighted by molar-refractivity contribution is 5.93. The predicted molar refractivity (Wildman–Crippen MR) is 129 cm³/mol. The summed E-state index contributed by atoms with van der Waals surface area (Å²) in [4.78, 5) is 43.6. The molecule has 0 spiro atoms. The van der Waals surface area contributed by atoms with Crippen LogP contribution < -0.4 is 21.3 Å². The monoisotopic (exact) mass is 469 g/mol. The molecule has 0 bridgehead atoms. The zero-order valence-corrected chi connectivity index (χ0v) is 18.8. The topological polar surface area (TPSA) is 129 Å². The molecule has 0 saturated heterocycles. The fourth-order valence-corrected chi connectivity index (χ4v) is 3.46. The van der Waals surface area contributed by atoms with Crippen molar-refractivity contribution in [3.63, 3.8) is 0 Å². The molecule has 3 aromatic heterocycles. The van der Waals surface area contributed by atoms with E-state index in [0.717, 1.165) is 16.7 Å². The molecule has 0 unspecified atom stereocenters. The minimum Gasteiger partial charge on any atom is -0.409 e. The molecule has 0 saturated carbocycles. The van der Waals surface area contributed by atoms with Gasteiger partial charge in [-0.1, -0.05) is 30.3 Å². The number of nitrogens with one attached hydrogen (secondary N) is 1. The molecule has 3 heterocycles. The van der Waals surface area contributed by atoms with E-state index >= 15 is 0 Å². The van der Waals surface area contributed by atoms with E-state index in [9.17, 15) is 14.4 Å². The summed E-state index contributed by atoms with van der Waals surface area (Å²) in [6.45, 7) is 0.707. The predicted octanol–water partition coefficient (Wildman–Crippen LogP) is 2.66. The van der Waals surface area contributed by atoms with Gasteiger partial charge in [0.05, 0.1) is 30.5 Å². The number of rotatable bonds is 8. The van der Waals surface area contributed by atoms with Crippen molar-refractivity contribution in [2.75, 3.05) is 0 Å². The summed E-state index contributed by atoms with van der Waals surface area (Å²) in [6.07, 6.45) is 6.06. The number of nitrogens with two attached hydrogens (primary N) is 1. The first-order valence-electron chi connectivity index (χ1n) is 10.8. The van der Waals surface area contributed by atoms with Crippen molar-refractivity contribution < 1.29 is 14.3 Å². The number of aromatic nitrogens is 3. The molecule has 9 heteroatoms. The molecule has 35 heavy (non-hydrogen) atoms. The molecule has 3 N–H and O–H groups in total. The molecule has 4 rings (SSSR count). The van der Waals surface area contributed by atoms with E-state index < -0.39 is 6.09 Å². The fraction of sp³-hybridized carbons (Fsp3) is 0.115. The first-order chi connectivity index (χ1) is 17.0. The largest absolute Gasteiger partial charge is 0.410 e. The number of hydrogen-bond acceptors (Lipinski definition) is 6. The Morgan fingerprint density at radius 3 is 2.46 bits per heavy atom. The summed E-state index contributed by atoms with van der Waals surface area (Å²) < 4.78 is 6.38. The van der Waals surface area contributed by atoms with Gasteiger partial charge in [0.1, 0.15) is 0 Å². The van der Waals surface area contributed by atoms with E-state index in [1.807, 2.05) is 30.3 Å². The number of nitrogens with zero attached hydrogens (tertiary/aromatic N) is 3. The Kier molecular flexibility index (Phi) is 7.27. The molecule has 0 radical (unpaired) electrons. The zero-order chi connectivity index (χ0) is 24.6. The van der Waals surface area contributed by atoms with E-state index in [-0.39, 0.29) is 23.8 Å². The van der Waals surface area contributed by atoms with Crippen molar-refractivity contribution in [1.29, 1.82) is 0 Å². The lowest BCUT2D eigenvalue weighted by molar-refractivity contribution is 0.0950. The number of benzene rings is 1. The second-order valence-electron chi connectivity index (χ2n) is 7.83. The molecule has 1 aromatic carbocycles. The van der Waals surface area contributed by atoms with Crippen LogP contribution >= 0.6 is 0 Å². The highest BCUT2D eigenvalue weighted by atomic mass is 16.5. The fourth-order valence-electron chi connectivity index (χ4n) is 3.46. The van der Waals surface area contributed by atoms with Crippen molar-refractivity contribution >= 4 is 12.0 Å². The Balaban J connectivity index is 1.34. The van der Waals surface area contributed by atoms with Crippen LogP contribution in [0.15, 0.2) is 90.2 Å². The number of primary amides is 1. The lowest BCUT2D eigenvalue weighted by Crippen LogP contribution is -2.23. The van der Waals surface area contributed by atoms with Gasteiger partial charge >= 0.3 is 6.09 Å². The Morgan fingerprint density at radius 2 is 1.74 bits per heavy atom. The molecule has 0 aliphatic heterocycles. The third kappa shape index (κ3) is 6.61. The van der Waals surface area contributed by atoms with E-state index in [0.29, 0.717) is 24.2 Å². The molecule has 176 valence electrons. The molecular weight excluding hydrogens is 446 g/mol. The molecule has 2 amide bonds. The normalized spacial score (nSPS) is 10.5. The maximum Gasteiger partial charge on any atom is 0.410 e. The third-order valence-corrected chi connectivity index (χ3v) is 5.19. The Labute approximate surface area is 201 Å². The number of amides is 2. The number of hydrogen-bond donors (Lipinski definition) is 2. The van der Waals surface area contributed by atoms with Gasteiger partial charge in [-0.3, -0.25) is 19.6 Å².